The van der Waals surface area contributed by atoms with Crippen molar-refractivity contribution in [3.63, 3.8) is 0 Å². The molecule has 8 aromatic carbocycles. The second kappa shape index (κ2) is 12.5. The predicted molar refractivity (Wildman–Crippen MR) is 233 cm³/mol. The van der Waals surface area contributed by atoms with Crippen LogP contribution < -0.4 is 0 Å². The smallest absolute Gasteiger partial charge is 0.160 e. The van der Waals surface area contributed by atoms with Crippen LogP contribution in [0.3, 0.4) is 0 Å². The Hall–Kier alpha value is -7.10. The molecule has 264 valence electrons. The van der Waals surface area contributed by atoms with Crippen LogP contribution in [-0.4, -0.2) is 14.5 Å². The van der Waals surface area contributed by atoms with Crippen molar-refractivity contribution in [3.05, 3.63) is 199 Å². The van der Waals surface area contributed by atoms with Crippen LogP contribution in [0.2, 0.25) is 0 Å². The van der Waals surface area contributed by atoms with Gasteiger partial charge in [-0.05, 0) is 86.6 Å². The molecule has 2 aromatic heterocycles. The normalized spacial score (nSPS) is 13.0. The highest BCUT2D eigenvalue weighted by molar-refractivity contribution is 6.12. The second-order valence-electron chi connectivity index (χ2n) is 15.4. The molecule has 0 fully saturated rings. The zero-order chi connectivity index (χ0) is 37.4. The predicted octanol–water partition coefficient (Wildman–Crippen LogP) is 13.7. The summed E-state index contributed by atoms with van der Waals surface area (Å²) in [6.07, 6.45) is 0. The summed E-state index contributed by atoms with van der Waals surface area (Å²) in [5, 5.41) is 4.83. The summed E-state index contributed by atoms with van der Waals surface area (Å²) >= 11 is 0. The Balaban J connectivity index is 1.08. The monoisotopic (exact) mass is 715 g/mol. The summed E-state index contributed by atoms with van der Waals surface area (Å²) in [6, 6.07) is 67.7. The maximum absolute atomic E-state index is 5.28. The third-order valence-electron chi connectivity index (χ3n) is 11.8. The van der Waals surface area contributed by atoms with Crippen LogP contribution in [-0.2, 0) is 5.41 Å². The van der Waals surface area contributed by atoms with Gasteiger partial charge in [-0.2, -0.15) is 0 Å². The van der Waals surface area contributed by atoms with Gasteiger partial charge in [0.15, 0.2) is 5.82 Å². The first-order chi connectivity index (χ1) is 27.5. The average molecular weight is 716 g/mol. The lowest BCUT2D eigenvalue weighted by molar-refractivity contribution is 0.660. The molecular formula is C53H37N3. The van der Waals surface area contributed by atoms with E-state index in [4.69, 9.17) is 9.97 Å². The van der Waals surface area contributed by atoms with E-state index in [9.17, 15) is 0 Å². The molecule has 0 radical (unpaired) electrons. The number of rotatable bonds is 5. The van der Waals surface area contributed by atoms with Gasteiger partial charge >= 0.3 is 0 Å². The topological polar surface area (TPSA) is 30.7 Å². The molecule has 0 aliphatic heterocycles. The summed E-state index contributed by atoms with van der Waals surface area (Å²) in [4.78, 5) is 10.5. The molecule has 0 N–H and O–H groups in total. The Morgan fingerprint density at radius 1 is 0.375 bits per heavy atom. The molecule has 2 heterocycles. The largest absolute Gasteiger partial charge is 0.309 e. The number of aromatic nitrogens is 3. The van der Waals surface area contributed by atoms with E-state index in [-0.39, 0.29) is 5.41 Å². The van der Waals surface area contributed by atoms with Crippen molar-refractivity contribution >= 4 is 32.6 Å². The summed E-state index contributed by atoms with van der Waals surface area (Å²) in [7, 11) is 0. The van der Waals surface area contributed by atoms with Gasteiger partial charge < -0.3 is 4.57 Å². The van der Waals surface area contributed by atoms with Crippen molar-refractivity contribution in [2.45, 2.75) is 19.3 Å². The van der Waals surface area contributed by atoms with E-state index in [1.54, 1.807) is 0 Å². The average Bonchev–Trinajstić information content (AvgIpc) is 3.71. The van der Waals surface area contributed by atoms with Crippen LogP contribution in [0.1, 0.15) is 25.0 Å². The Bertz CT molecular complexity index is 3150. The van der Waals surface area contributed by atoms with Crippen molar-refractivity contribution in [3.8, 4) is 61.8 Å². The minimum atomic E-state index is -0.106. The third-order valence-corrected chi connectivity index (χ3v) is 11.8. The van der Waals surface area contributed by atoms with E-state index >= 15 is 0 Å². The molecule has 1 aliphatic carbocycles. The summed E-state index contributed by atoms with van der Waals surface area (Å²) in [5.74, 6) is 0.717. The van der Waals surface area contributed by atoms with Crippen LogP contribution in [0.25, 0.3) is 94.4 Å². The number of para-hydroxylation sites is 2. The number of benzene rings is 8. The second-order valence-corrected chi connectivity index (χ2v) is 15.4. The van der Waals surface area contributed by atoms with Crippen LogP contribution in [0, 0.1) is 0 Å². The molecule has 0 bridgehead atoms. The first kappa shape index (κ1) is 32.3. The van der Waals surface area contributed by atoms with Gasteiger partial charge in [0.2, 0.25) is 0 Å². The molecule has 3 heteroatoms. The lowest BCUT2D eigenvalue weighted by atomic mass is 9.82. The van der Waals surface area contributed by atoms with Crippen LogP contribution in [0.4, 0.5) is 0 Å². The molecule has 0 amide bonds. The zero-order valence-corrected chi connectivity index (χ0v) is 31.2. The SMILES string of the molecule is CC1(C)c2ccccc2-c2ccc(-c3cc(-c4ccc(-c5ccc6c(c5)c5ccccc5n6-c5ccccc5)c5ccccc45)nc(-c4ccccc4)n3)cc21. The Kier molecular flexibility index (Phi) is 7.20. The van der Waals surface area contributed by atoms with E-state index in [1.807, 2.05) is 6.07 Å². The van der Waals surface area contributed by atoms with Gasteiger partial charge in [-0.25, -0.2) is 9.97 Å². The van der Waals surface area contributed by atoms with Crippen molar-refractivity contribution in [2.24, 2.45) is 0 Å². The van der Waals surface area contributed by atoms with Gasteiger partial charge in [0.25, 0.3) is 0 Å². The minimum absolute atomic E-state index is 0.106. The van der Waals surface area contributed by atoms with Gasteiger partial charge in [0, 0.05) is 38.6 Å². The van der Waals surface area contributed by atoms with Crippen LogP contribution in [0.5, 0.6) is 0 Å². The summed E-state index contributed by atoms with van der Waals surface area (Å²) < 4.78 is 2.37. The maximum Gasteiger partial charge on any atom is 0.160 e. The number of hydrogen-bond acceptors (Lipinski definition) is 2. The summed E-state index contributed by atoms with van der Waals surface area (Å²) in [5.41, 5.74) is 16.1. The molecule has 56 heavy (non-hydrogen) atoms. The molecule has 10 aromatic rings. The molecule has 11 rings (SSSR count). The van der Waals surface area contributed by atoms with E-state index < -0.39 is 0 Å². The minimum Gasteiger partial charge on any atom is -0.309 e. The molecular weight excluding hydrogens is 679 g/mol. The molecule has 0 unspecified atom stereocenters. The number of fused-ring (bicyclic) bond motifs is 7. The van der Waals surface area contributed by atoms with Crippen molar-refractivity contribution < 1.29 is 0 Å². The highest BCUT2D eigenvalue weighted by atomic mass is 15.0. The first-order valence-electron chi connectivity index (χ1n) is 19.3. The fourth-order valence-corrected chi connectivity index (χ4v) is 9.08. The van der Waals surface area contributed by atoms with Crippen molar-refractivity contribution in [1.29, 1.82) is 0 Å². The van der Waals surface area contributed by atoms with E-state index in [0.29, 0.717) is 0 Å². The highest BCUT2D eigenvalue weighted by Crippen LogP contribution is 2.49. The lowest BCUT2D eigenvalue weighted by Gasteiger charge is -2.22. The van der Waals surface area contributed by atoms with Gasteiger partial charge in [0.1, 0.15) is 0 Å². The van der Waals surface area contributed by atoms with Crippen molar-refractivity contribution in [1.82, 2.24) is 14.5 Å². The number of nitrogens with zero attached hydrogens (tertiary/aromatic N) is 3. The van der Waals surface area contributed by atoms with Crippen molar-refractivity contribution in [2.75, 3.05) is 0 Å². The van der Waals surface area contributed by atoms with E-state index in [2.05, 4.69) is 200 Å². The van der Waals surface area contributed by atoms with E-state index in [1.165, 1.54) is 60.6 Å². The maximum atomic E-state index is 5.28. The zero-order valence-electron chi connectivity index (χ0n) is 31.2. The fraction of sp³-hybridized carbons (Fsp3) is 0.0566. The Morgan fingerprint density at radius 2 is 0.964 bits per heavy atom. The van der Waals surface area contributed by atoms with E-state index in [0.717, 1.165) is 45.0 Å². The standard InChI is InChI=1S/C53H37N3/c1-53(2)46-23-13-11-21-41(46)42-27-25-36(32-47(42)53)48-33-49(55-52(54-48)34-15-5-3-6-16-34)43-29-28-38(39-19-9-10-20-40(39)43)35-26-30-51-45(31-35)44-22-12-14-24-50(44)56(51)37-17-7-4-8-18-37/h3-33H,1-2H3. The molecule has 0 saturated heterocycles. The molecule has 0 saturated carbocycles. The highest BCUT2D eigenvalue weighted by Gasteiger charge is 2.35. The van der Waals surface area contributed by atoms with Gasteiger partial charge in [-0.15, -0.1) is 0 Å². The summed E-state index contributed by atoms with van der Waals surface area (Å²) in [6.45, 7) is 4.66. The first-order valence-corrected chi connectivity index (χ1v) is 19.3. The number of hydrogen-bond donors (Lipinski definition) is 0. The van der Waals surface area contributed by atoms with Crippen LogP contribution >= 0.6 is 0 Å². The quantitative estimate of drug-likeness (QED) is 0.178. The fourth-order valence-electron chi connectivity index (χ4n) is 9.08. The molecule has 0 spiro atoms. The van der Waals surface area contributed by atoms with Crippen LogP contribution in [0.15, 0.2) is 188 Å². The Morgan fingerprint density at radius 3 is 1.79 bits per heavy atom. The lowest BCUT2D eigenvalue weighted by Crippen LogP contribution is -2.14. The van der Waals surface area contributed by atoms with Gasteiger partial charge in [-0.1, -0.05) is 159 Å². The van der Waals surface area contributed by atoms with Gasteiger partial charge in [0.05, 0.1) is 22.4 Å². The molecule has 3 nitrogen and oxygen atoms in total. The van der Waals surface area contributed by atoms with Gasteiger partial charge in [-0.3, -0.25) is 0 Å². The molecule has 1 aliphatic rings. The molecule has 0 atom stereocenters. The third kappa shape index (κ3) is 4.98. The Labute approximate surface area is 326 Å².